The molecule has 176 valence electrons. The highest BCUT2D eigenvalue weighted by Crippen LogP contribution is 2.34. The largest absolute Gasteiger partial charge is 0.206 e. The van der Waals surface area contributed by atoms with Crippen LogP contribution in [-0.4, -0.2) is 0 Å². The molecule has 0 radical (unpaired) electrons. The average Bonchev–Trinajstić information content (AvgIpc) is 2.88. The van der Waals surface area contributed by atoms with E-state index in [-0.39, 0.29) is 5.82 Å². The minimum Gasteiger partial charge on any atom is -0.206 e. The number of allylic oxidation sites excluding steroid dienone is 2. The minimum atomic E-state index is -0.0889. The molecule has 0 amide bonds. The van der Waals surface area contributed by atoms with Gasteiger partial charge in [-0.1, -0.05) is 80.3 Å². The monoisotopic (exact) mass is 453 g/mol. The lowest BCUT2D eigenvalue weighted by Gasteiger charge is -2.28. The predicted molar refractivity (Wildman–Crippen MR) is 140 cm³/mol. The molecule has 1 saturated carbocycles. The highest BCUT2D eigenvalue weighted by Gasteiger charge is 2.20. The van der Waals surface area contributed by atoms with E-state index in [1.165, 1.54) is 50.5 Å². The van der Waals surface area contributed by atoms with Crippen molar-refractivity contribution >= 4 is 10.8 Å². The van der Waals surface area contributed by atoms with Gasteiger partial charge in [0, 0.05) is 5.39 Å². The number of nitrogens with zero attached hydrogens (tertiary/aromatic N) is 1. The summed E-state index contributed by atoms with van der Waals surface area (Å²) in [6, 6.07) is 20.0. The molecule has 0 saturated heterocycles. The van der Waals surface area contributed by atoms with Gasteiger partial charge in [0.1, 0.15) is 5.82 Å². The van der Waals surface area contributed by atoms with Crippen LogP contribution in [0.4, 0.5) is 4.39 Å². The standard InChI is InChI=1S/C32H36FN/c1-2-3-4-5-24-6-8-25(9-7-24)10-13-27-17-21-31-30(22-27)20-19-29(32(31)33)18-16-26-11-14-28(23-34)15-12-26/h2-3,11-12,14-15,17,19-22,24-25H,4-10,13,16,18H2,1H3/b3-2+. The van der Waals surface area contributed by atoms with Crippen LogP contribution < -0.4 is 0 Å². The lowest BCUT2D eigenvalue weighted by molar-refractivity contribution is 0.254. The van der Waals surface area contributed by atoms with Gasteiger partial charge in [0.15, 0.2) is 0 Å². The van der Waals surface area contributed by atoms with Crippen LogP contribution in [0.25, 0.3) is 10.8 Å². The molecule has 2 heteroatoms. The summed E-state index contributed by atoms with van der Waals surface area (Å²) in [5.41, 5.74) is 3.87. The smallest absolute Gasteiger partial charge is 0.134 e. The first-order valence-electron chi connectivity index (χ1n) is 13.0. The fourth-order valence-electron chi connectivity index (χ4n) is 5.44. The number of rotatable bonds is 9. The molecule has 0 aliphatic heterocycles. The van der Waals surface area contributed by atoms with E-state index in [2.05, 4.69) is 43.3 Å². The Kier molecular flexibility index (Phi) is 8.53. The zero-order valence-corrected chi connectivity index (χ0v) is 20.4. The molecule has 0 aromatic heterocycles. The second kappa shape index (κ2) is 12.0. The Bertz CT molecular complexity index is 1140. The van der Waals surface area contributed by atoms with Crippen LogP contribution in [0.5, 0.6) is 0 Å². The molecule has 1 fully saturated rings. The maximum Gasteiger partial charge on any atom is 0.134 e. The fraction of sp³-hybridized carbons (Fsp3) is 0.406. The van der Waals surface area contributed by atoms with Gasteiger partial charge < -0.3 is 0 Å². The van der Waals surface area contributed by atoms with Gasteiger partial charge in [0.2, 0.25) is 0 Å². The highest BCUT2D eigenvalue weighted by atomic mass is 19.1. The number of benzene rings is 3. The van der Waals surface area contributed by atoms with Crippen LogP contribution >= 0.6 is 0 Å². The number of fused-ring (bicyclic) bond motifs is 1. The third-order valence-electron chi connectivity index (χ3n) is 7.65. The molecule has 0 N–H and O–H groups in total. The first kappa shape index (κ1) is 24.2. The first-order chi connectivity index (χ1) is 16.7. The van der Waals surface area contributed by atoms with Gasteiger partial charge in [-0.15, -0.1) is 0 Å². The van der Waals surface area contributed by atoms with Crippen molar-refractivity contribution in [2.45, 2.75) is 71.1 Å². The number of hydrogen-bond donors (Lipinski definition) is 0. The van der Waals surface area contributed by atoms with E-state index in [0.717, 1.165) is 46.6 Å². The maximum atomic E-state index is 15.2. The molecule has 0 unspecified atom stereocenters. The summed E-state index contributed by atoms with van der Waals surface area (Å²) in [6.45, 7) is 2.11. The Morgan fingerprint density at radius 1 is 0.853 bits per heavy atom. The number of halogens is 1. The molecule has 0 heterocycles. The third kappa shape index (κ3) is 6.35. The van der Waals surface area contributed by atoms with E-state index in [1.807, 2.05) is 36.4 Å². The van der Waals surface area contributed by atoms with E-state index in [0.29, 0.717) is 12.0 Å². The van der Waals surface area contributed by atoms with E-state index >= 15 is 4.39 Å². The van der Waals surface area contributed by atoms with Crippen molar-refractivity contribution in [1.29, 1.82) is 5.26 Å². The van der Waals surface area contributed by atoms with Crippen LogP contribution in [0.15, 0.2) is 66.7 Å². The predicted octanol–water partition coefficient (Wildman–Crippen LogP) is 8.73. The topological polar surface area (TPSA) is 23.8 Å². The summed E-state index contributed by atoms with van der Waals surface area (Å²) in [6.07, 6.45) is 16.3. The molecular weight excluding hydrogens is 417 g/mol. The summed E-state index contributed by atoms with van der Waals surface area (Å²) in [5.74, 6) is 1.67. The quantitative estimate of drug-likeness (QED) is 0.297. The molecule has 3 aromatic carbocycles. The Labute approximate surface area is 204 Å². The van der Waals surface area contributed by atoms with Crippen molar-refractivity contribution in [2.75, 3.05) is 0 Å². The van der Waals surface area contributed by atoms with Crippen molar-refractivity contribution < 1.29 is 4.39 Å². The first-order valence-corrected chi connectivity index (χ1v) is 13.0. The molecule has 0 spiro atoms. The molecule has 1 aliphatic rings. The normalized spacial score (nSPS) is 18.4. The summed E-state index contributed by atoms with van der Waals surface area (Å²) in [4.78, 5) is 0. The van der Waals surface area contributed by atoms with Gasteiger partial charge in [-0.25, -0.2) is 4.39 Å². The average molecular weight is 454 g/mol. The van der Waals surface area contributed by atoms with Crippen molar-refractivity contribution in [3.63, 3.8) is 0 Å². The van der Waals surface area contributed by atoms with Crippen molar-refractivity contribution in [2.24, 2.45) is 11.8 Å². The molecular formula is C32H36FN. The van der Waals surface area contributed by atoms with Gasteiger partial charge in [-0.2, -0.15) is 5.26 Å². The van der Waals surface area contributed by atoms with Crippen LogP contribution in [0.2, 0.25) is 0 Å². The zero-order valence-electron chi connectivity index (χ0n) is 20.4. The van der Waals surface area contributed by atoms with Crippen LogP contribution in [0.1, 0.15) is 74.1 Å². The van der Waals surface area contributed by atoms with Gasteiger partial charge in [-0.05, 0) is 91.5 Å². The lowest BCUT2D eigenvalue weighted by Crippen LogP contribution is -2.15. The van der Waals surface area contributed by atoms with Crippen LogP contribution in [0.3, 0.4) is 0 Å². The van der Waals surface area contributed by atoms with Crippen LogP contribution in [-0.2, 0) is 19.3 Å². The minimum absolute atomic E-state index is 0.0889. The maximum absolute atomic E-state index is 15.2. The van der Waals surface area contributed by atoms with Gasteiger partial charge in [0.05, 0.1) is 11.6 Å². The van der Waals surface area contributed by atoms with E-state index < -0.39 is 0 Å². The Morgan fingerprint density at radius 3 is 2.26 bits per heavy atom. The second-order valence-corrected chi connectivity index (χ2v) is 9.97. The summed E-state index contributed by atoms with van der Waals surface area (Å²) in [7, 11) is 0. The Balaban J connectivity index is 1.31. The number of aryl methyl sites for hydroxylation is 3. The van der Waals surface area contributed by atoms with E-state index in [1.54, 1.807) is 0 Å². The Hall–Kier alpha value is -2.92. The highest BCUT2D eigenvalue weighted by molar-refractivity contribution is 5.84. The van der Waals surface area contributed by atoms with E-state index in [9.17, 15) is 0 Å². The fourth-order valence-corrected chi connectivity index (χ4v) is 5.44. The molecule has 4 rings (SSSR count). The Morgan fingerprint density at radius 2 is 1.56 bits per heavy atom. The molecule has 3 aromatic rings. The summed E-state index contributed by atoms with van der Waals surface area (Å²) < 4.78 is 15.2. The van der Waals surface area contributed by atoms with Crippen molar-refractivity contribution in [3.05, 3.63) is 94.8 Å². The number of hydrogen-bond acceptors (Lipinski definition) is 1. The SMILES string of the molecule is C/C=C/CCC1CCC(CCc2ccc3c(F)c(CCc4ccc(C#N)cc4)ccc3c2)CC1. The molecule has 1 nitrogen and oxygen atoms in total. The molecule has 1 aliphatic carbocycles. The van der Waals surface area contributed by atoms with Crippen LogP contribution in [0, 0.1) is 29.0 Å². The van der Waals surface area contributed by atoms with Crippen molar-refractivity contribution in [3.8, 4) is 6.07 Å². The van der Waals surface area contributed by atoms with Gasteiger partial charge in [0.25, 0.3) is 0 Å². The van der Waals surface area contributed by atoms with Gasteiger partial charge in [-0.3, -0.25) is 0 Å². The lowest BCUT2D eigenvalue weighted by atomic mass is 9.78. The zero-order chi connectivity index (χ0) is 23.8. The second-order valence-electron chi connectivity index (χ2n) is 9.97. The molecule has 0 bridgehead atoms. The summed E-state index contributed by atoms with van der Waals surface area (Å²) >= 11 is 0. The van der Waals surface area contributed by atoms with Gasteiger partial charge >= 0.3 is 0 Å². The third-order valence-corrected chi connectivity index (χ3v) is 7.65. The summed E-state index contributed by atoms with van der Waals surface area (Å²) in [5, 5.41) is 10.7. The number of nitriles is 1. The molecule has 34 heavy (non-hydrogen) atoms. The van der Waals surface area contributed by atoms with E-state index in [4.69, 9.17) is 5.26 Å². The molecule has 0 atom stereocenters. The van der Waals surface area contributed by atoms with Crippen molar-refractivity contribution in [1.82, 2.24) is 0 Å².